The fraction of sp³-hybridized carbons (Fsp3) is 0.269. The van der Waals surface area contributed by atoms with Gasteiger partial charge in [0, 0.05) is 31.4 Å². The van der Waals surface area contributed by atoms with Crippen LogP contribution in [0.15, 0.2) is 76.6 Å². The standard InChI is InChI=1S/C26H24N4O/c1-2-8-22-20(5-1)14-21(29-22)16-30(15-18-10-11-25-23(13-18)28-17-31-25)24-9-3-6-19-7-4-12-27-26(19)24/h1-2,4-5,7-8,10-13,17,24H,3,6,9,14-16H2. The van der Waals surface area contributed by atoms with E-state index in [4.69, 9.17) is 14.4 Å². The lowest BCUT2D eigenvalue weighted by Crippen LogP contribution is -2.35. The minimum absolute atomic E-state index is 0.296. The lowest BCUT2D eigenvalue weighted by molar-refractivity contribution is 0.191. The van der Waals surface area contributed by atoms with Crippen LogP contribution in [0.3, 0.4) is 0 Å². The van der Waals surface area contributed by atoms with E-state index in [1.807, 2.05) is 12.3 Å². The number of pyridine rings is 1. The quantitative estimate of drug-likeness (QED) is 0.442. The van der Waals surface area contributed by atoms with Gasteiger partial charge in [0.15, 0.2) is 12.0 Å². The van der Waals surface area contributed by atoms with Gasteiger partial charge in [0.25, 0.3) is 0 Å². The number of hydrogen-bond donors (Lipinski definition) is 0. The number of fused-ring (bicyclic) bond motifs is 3. The molecule has 2 aliphatic rings. The van der Waals surface area contributed by atoms with Gasteiger partial charge in [-0.25, -0.2) is 4.98 Å². The molecule has 2 aromatic carbocycles. The molecule has 2 aromatic heterocycles. The van der Waals surface area contributed by atoms with Crippen molar-refractivity contribution in [2.24, 2.45) is 4.99 Å². The largest absolute Gasteiger partial charge is 0.443 e. The van der Waals surface area contributed by atoms with Gasteiger partial charge in [-0.2, -0.15) is 0 Å². The SMILES string of the molecule is c1ccc2c(c1)CC(CN(Cc1ccc3ocnc3c1)C1CCCc3cccnc31)=N2. The van der Waals surface area contributed by atoms with Crippen molar-refractivity contribution in [3.63, 3.8) is 0 Å². The Hall–Kier alpha value is -3.31. The first-order valence-electron chi connectivity index (χ1n) is 11.0. The summed E-state index contributed by atoms with van der Waals surface area (Å²) in [6.45, 7) is 1.67. The van der Waals surface area contributed by atoms with Gasteiger partial charge in [0.1, 0.15) is 5.52 Å². The number of aromatic nitrogens is 2. The van der Waals surface area contributed by atoms with Gasteiger partial charge in [0.05, 0.1) is 17.4 Å². The molecule has 0 fully saturated rings. The Morgan fingerprint density at radius 3 is 2.87 bits per heavy atom. The second kappa shape index (κ2) is 7.75. The molecule has 0 saturated carbocycles. The molecule has 0 bridgehead atoms. The predicted octanol–water partition coefficient (Wildman–Crippen LogP) is 5.43. The minimum atomic E-state index is 0.296. The predicted molar refractivity (Wildman–Crippen MR) is 122 cm³/mol. The lowest BCUT2D eigenvalue weighted by atomic mass is 9.90. The molecule has 5 heteroatoms. The van der Waals surface area contributed by atoms with Crippen LogP contribution >= 0.6 is 0 Å². The third-order valence-corrected chi connectivity index (χ3v) is 6.44. The highest BCUT2D eigenvalue weighted by Gasteiger charge is 2.29. The Kier molecular flexibility index (Phi) is 4.61. The smallest absolute Gasteiger partial charge is 0.181 e. The Labute approximate surface area is 181 Å². The van der Waals surface area contributed by atoms with Crippen LogP contribution < -0.4 is 0 Å². The molecule has 4 aromatic rings. The zero-order chi connectivity index (χ0) is 20.6. The zero-order valence-electron chi connectivity index (χ0n) is 17.4. The van der Waals surface area contributed by atoms with Crippen LogP contribution in [-0.2, 0) is 19.4 Å². The first kappa shape index (κ1) is 18.5. The summed E-state index contributed by atoms with van der Waals surface area (Å²) in [5, 5.41) is 0. The average Bonchev–Trinajstić information content (AvgIpc) is 3.44. The molecule has 0 amide bonds. The molecule has 3 heterocycles. The van der Waals surface area contributed by atoms with Crippen LogP contribution in [0.4, 0.5) is 5.69 Å². The normalized spacial score (nSPS) is 17.6. The first-order chi connectivity index (χ1) is 15.3. The van der Waals surface area contributed by atoms with Crippen molar-refractivity contribution in [1.82, 2.24) is 14.9 Å². The van der Waals surface area contributed by atoms with Gasteiger partial charge in [-0.05, 0) is 60.2 Å². The lowest BCUT2D eigenvalue weighted by Gasteiger charge is -2.35. The van der Waals surface area contributed by atoms with Crippen molar-refractivity contribution in [2.45, 2.75) is 38.3 Å². The number of aliphatic imine (C=N–C) groups is 1. The van der Waals surface area contributed by atoms with Gasteiger partial charge >= 0.3 is 0 Å². The van der Waals surface area contributed by atoms with Crippen molar-refractivity contribution in [3.05, 3.63) is 89.6 Å². The minimum Gasteiger partial charge on any atom is -0.443 e. The van der Waals surface area contributed by atoms with Crippen LogP contribution in [-0.4, -0.2) is 27.1 Å². The highest BCUT2D eigenvalue weighted by Crippen LogP contribution is 2.35. The Balaban J connectivity index is 1.34. The van der Waals surface area contributed by atoms with E-state index in [1.165, 1.54) is 40.9 Å². The van der Waals surface area contributed by atoms with E-state index >= 15 is 0 Å². The molecule has 1 atom stereocenters. The molecule has 0 saturated heterocycles. The molecule has 6 rings (SSSR count). The molecule has 5 nitrogen and oxygen atoms in total. The molecule has 31 heavy (non-hydrogen) atoms. The van der Waals surface area contributed by atoms with E-state index in [0.717, 1.165) is 49.1 Å². The van der Waals surface area contributed by atoms with Crippen molar-refractivity contribution in [1.29, 1.82) is 0 Å². The molecule has 154 valence electrons. The Morgan fingerprint density at radius 1 is 0.968 bits per heavy atom. The van der Waals surface area contributed by atoms with Gasteiger partial charge in [-0.15, -0.1) is 0 Å². The van der Waals surface area contributed by atoms with E-state index < -0.39 is 0 Å². The summed E-state index contributed by atoms with van der Waals surface area (Å²) in [4.78, 5) is 16.7. The number of aryl methyl sites for hydroxylation is 1. The number of benzene rings is 2. The van der Waals surface area contributed by atoms with E-state index in [1.54, 1.807) is 0 Å². The van der Waals surface area contributed by atoms with Gasteiger partial charge in [0.2, 0.25) is 0 Å². The monoisotopic (exact) mass is 408 g/mol. The highest BCUT2D eigenvalue weighted by atomic mass is 16.3. The van der Waals surface area contributed by atoms with Crippen molar-refractivity contribution >= 4 is 22.5 Å². The number of hydrogen-bond acceptors (Lipinski definition) is 5. The molecule has 0 N–H and O–H groups in total. The summed E-state index contributed by atoms with van der Waals surface area (Å²) in [5.74, 6) is 0. The van der Waals surface area contributed by atoms with Crippen LogP contribution in [0.1, 0.15) is 41.3 Å². The summed E-state index contributed by atoms with van der Waals surface area (Å²) < 4.78 is 5.43. The average molecular weight is 409 g/mol. The zero-order valence-corrected chi connectivity index (χ0v) is 17.4. The summed E-state index contributed by atoms with van der Waals surface area (Å²) in [6, 6.07) is 19.4. The van der Waals surface area contributed by atoms with Crippen molar-refractivity contribution in [3.8, 4) is 0 Å². The summed E-state index contributed by atoms with van der Waals surface area (Å²) in [7, 11) is 0. The Morgan fingerprint density at radius 2 is 1.90 bits per heavy atom. The van der Waals surface area contributed by atoms with Crippen molar-refractivity contribution in [2.75, 3.05) is 6.54 Å². The number of para-hydroxylation sites is 1. The maximum Gasteiger partial charge on any atom is 0.181 e. The maximum absolute atomic E-state index is 5.43. The number of rotatable bonds is 5. The van der Waals surface area contributed by atoms with Gasteiger partial charge in [-0.1, -0.05) is 30.3 Å². The molecule has 1 aliphatic carbocycles. The van der Waals surface area contributed by atoms with Gasteiger partial charge < -0.3 is 4.42 Å². The highest BCUT2D eigenvalue weighted by molar-refractivity contribution is 5.95. The summed E-state index contributed by atoms with van der Waals surface area (Å²) >= 11 is 0. The van der Waals surface area contributed by atoms with E-state index in [9.17, 15) is 0 Å². The number of oxazole rings is 1. The van der Waals surface area contributed by atoms with Crippen molar-refractivity contribution < 1.29 is 4.42 Å². The summed E-state index contributed by atoms with van der Waals surface area (Å²) in [5.41, 5.74) is 9.25. The van der Waals surface area contributed by atoms with Crippen LogP contribution in [0, 0.1) is 0 Å². The molecule has 0 spiro atoms. The molecule has 1 aliphatic heterocycles. The molecular weight excluding hydrogens is 384 g/mol. The van der Waals surface area contributed by atoms with Crippen LogP contribution in [0.2, 0.25) is 0 Å². The molecule has 1 unspecified atom stereocenters. The van der Waals surface area contributed by atoms with Crippen LogP contribution in [0.25, 0.3) is 11.1 Å². The summed E-state index contributed by atoms with van der Waals surface area (Å²) in [6.07, 6.45) is 7.80. The molecule has 0 radical (unpaired) electrons. The maximum atomic E-state index is 5.43. The molecular formula is C26H24N4O. The van der Waals surface area contributed by atoms with E-state index in [0.29, 0.717) is 6.04 Å². The van der Waals surface area contributed by atoms with E-state index in [-0.39, 0.29) is 0 Å². The fourth-order valence-corrected chi connectivity index (χ4v) is 4.98. The Bertz CT molecular complexity index is 1280. The second-order valence-corrected chi connectivity index (χ2v) is 8.50. The second-order valence-electron chi connectivity index (χ2n) is 8.50. The fourth-order valence-electron chi connectivity index (χ4n) is 4.98. The van der Waals surface area contributed by atoms with E-state index in [2.05, 4.69) is 58.4 Å². The van der Waals surface area contributed by atoms with Crippen LogP contribution in [0.5, 0.6) is 0 Å². The third-order valence-electron chi connectivity index (χ3n) is 6.44. The number of nitrogens with zero attached hydrogens (tertiary/aromatic N) is 4. The first-order valence-corrected chi connectivity index (χ1v) is 11.0. The van der Waals surface area contributed by atoms with Gasteiger partial charge in [-0.3, -0.25) is 14.9 Å². The third kappa shape index (κ3) is 3.55. The topological polar surface area (TPSA) is 54.5 Å².